The van der Waals surface area contributed by atoms with Gasteiger partial charge in [0.15, 0.2) is 6.10 Å². The van der Waals surface area contributed by atoms with Crippen molar-refractivity contribution in [3.63, 3.8) is 0 Å². The van der Waals surface area contributed by atoms with Crippen molar-refractivity contribution < 1.29 is 28.6 Å². The summed E-state index contributed by atoms with van der Waals surface area (Å²) in [5.74, 6) is -0.959. The Balaban J connectivity index is 4.12. The summed E-state index contributed by atoms with van der Waals surface area (Å²) in [6, 6.07) is 0. The summed E-state index contributed by atoms with van der Waals surface area (Å²) in [7, 11) is 0. The van der Waals surface area contributed by atoms with Crippen molar-refractivity contribution in [1.82, 2.24) is 0 Å². The highest BCUT2D eigenvalue weighted by atomic mass is 16.6. The molecule has 0 fully saturated rings. The number of allylic oxidation sites excluding steroid dienone is 20. The first-order valence-corrected chi connectivity index (χ1v) is 31.5. The van der Waals surface area contributed by atoms with Crippen LogP contribution in [0.2, 0.25) is 0 Å². The van der Waals surface area contributed by atoms with Crippen molar-refractivity contribution in [3.8, 4) is 0 Å². The fourth-order valence-electron chi connectivity index (χ4n) is 8.56. The van der Waals surface area contributed by atoms with E-state index < -0.39 is 6.10 Å². The summed E-state index contributed by atoms with van der Waals surface area (Å²) in [5, 5.41) is 0. The number of carbonyl (C=O) groups is 3. The second-order valence-electron chi connectivity index (χ2n) is 20.6. The lowest BCUT2D eigenvalue weighted by atomic mass is 10.0. The van der Waals surface area contributed by atoms with Crippen LogP contribution in [0.5, 0.6) is 0 Å². The highest BCUT2D eigenvalue weighted by Crippen LogP contribution is 2.16. The summed E-state index contributed by atoms with van der Waals surface area (Å²) in [5.41, 5.74) is 0. The van der Waals surface area contributed by atoms with Gasteiger partial charge in [-0.3, -0.25) is 14.4 Å². The van der Waals surface area contributed by atoms with Crippen molar-refractivity contribution in [2.75, 3.05) is 13.2 Å². The first-order valence-electron chi connectivity index (χ1n) is 31.5. The maximum Gasteiger partial charge on any atom is 0.306 e. The molecule has 0 aromatic carbocycles. The Hall–Kier alpha value is -4.19. The Labute approximate surface area is 469 Å². The van der Waals surface area contributed by atoms with E-state index in [9.17, 15) is 14.4 Å². The second-order valence-corrected chi connectivity index (χ2v) is 20.6. The quantitative estimate of drug-likeness (QED) is 0.0261. The molecule has 0 amide bonds. The molecular weight excluding hydrogens is 937 g/mol. The Kier molecular flexibility index (Phi) is 59.9. The summed E-state index contributed by atoms with van der Waals surface area (Å²) in [4.78, 5) is 38.0. The zero-order valence-electron chi connectivity index (χ0n) is 49.5. The fraction of sp³-hybridized carbons (Fsp3) is 0.671. The number of ether oxygens (including phenoxy) is 3. The minimum atomic E-state index is -0.806. The standard InChI is InChI=1S/C70H116O6/c1-4-7-10-13-16-19-21-23-25-27-28-29-30-31-32-33-34-35-36-37-38-39-40-41-42-44-45-47-49-51-54-57-60-63-69(72)75-66-67(65-74-68(71)62-59-56-53-18-15-12-9-6-3)76-70(73)64-61-58-55-52-50-48-46-43-26-24-22-20-17-14-11-8-5-2/h7-8,10-11,16-17,19-20,23-26,28-29,31-32,46,48,52,55,67H,4-6,9,12-15,18,21-22,27,30,33-45,47,49-51,53-54,56-66H2,1-3H3/b10-7-,11-8-,19-16-,20-17-,25-23-,26-24-,29-28-,32-31-,48-46-,55-52-. The van der Waals surface area contributed by atoms with Gasteiger partial charge >= 0.3 is 17.9 Å². The molecule has 0 bridgehead atoms. The molecule has 6 nitrogen and oxygen atoms in total. The van der Waals surface area contributed by atoms with Crippen LogP contribution >= 0.6 is 0 Å². The second kappa shape index (κ2) is 63.3. The summed E-state index contributed by atoms with van der Waals surface area (Å²) < 4.78 is 16.8. The van der Waals surface area contributed by atoms with Crippen LogP contribution in [0.3, 0.4) is 0 Å². The highest BCUT2D eigenvalue weighted by Gasteiger charge is 2.19. The van der Waals surface area contributed by atoms with Crippen LogP contribution in [0.25, 0.3) is 0 Å². The monoisotopic (exact) mass is 1050 g/mol. The molecule has 0 heterocycles. The number of carbonyl (C=O) groups excluding carboxylic acids is 3. The first-order chi connectivity index (χ1) is 37.5. The number of hydrogen-bond acceptors (Lipinski definition) is 6. The van der Waals surface area contributed by atoms with Crippen molar-refractivity contribution in [1.29, 1.82) is 0 Å². The summed E-state index contributed by atoms with van der Waals surface area (Å²) in [6.07, 6.45) is 88.1. The van der Waals surface area contributed by atoms with Gasteiger partial charge in [0.25, 0.3) is 0 Å². The lowest BCUT2D eigenvalue weighted by Gasteiger charge is -2.18. The van der Waals surface area contributed by atoms with Gasteiger partial charge in [-0.2, -0.15) is 0 Å². The molecule has 0 rings (SSSR count). The fourth-order valence-corrected chi connectivity index (χ4v) is 8.56. The van der Waals surface area contributed by atoms with E-state index in [4.69, 9.17) is 14.2 Å². The van der Waals surface area contributed by atoms with E-state index in [0.29, 0.717) is 19.3 Å². The number of hydrogen-bond donors (Lipinski definition) is 0. The molecule has 0 radical (unpaired) electrons. The van der Waals surface area contributed by atoms with E-state index >= 15 is 0 Å². The minimum Gasteiger partial charge on any atom is -0.462 e. The summed E-state index contributed by atoms with van der Waals surface area (Å²) in [6.45, 7) is 6.34. The largest absolute Gasteiger partial charge is 0.462 e. The maximum absolute atomic E-state index is 12.8. The van der Waals surface area contributed by atoms with Crippen LogP contribution in [0.1, 0.15) is 284 Å². The van der Waals surface area contributed by atoms with Crippen LogP contribution < -0.4 is 0 Å². The van der Waals surface area contributed by atoms with Crippen molar-refractivity contribution in [2.45, 2.75) is 290 Å². The molecule has 0 N–H and O–H groups in total. The van der Waals surface area contributed by atoms with E-state index in [-0.39, 0.29) is 37.5 Å². The van der Waals surface area contributed by atoms with Crippen molar-refractivity contribution >= 4 is 17.9 Å². The topological polar surface area (TPSA) is 78.9 Å². The third-order valence-corrected chi connectivity index (χ3v) is 13.2. The van der Waals surface area contributed by atoms with Crippen LogP contribution in [0.4, 0.5) is 0 Å². The van der Waals surface area contributed by atoms with E-state index in [2.05, 4.69) is 142 Å². The smallest absolute Gasteiger partial charge is 0.306 e. The van der Waals surface area contributed by atoms with E-state index in [1.54, 1.807) is 0 Å². The maximum atomic E-state index is 12.8. The Morgan fingerprint density at radius 3 is 0.842 bits per heavy atom. The lowest BCUT2D eigenvalue weighted by molar-refractivity contribution is -0.167. The molecule has 0 spiro atoms. The van der Waals surface area contributed by atoms with Gasteiger partial charge in [-0.25, -0.2) is 0 Å². The van der Waals surface area contributed by atoms with Gasteiger partial charge in [-0.05, 0) is 103 Å². The molecule has 0 aromatic heterocycles. The molecule has 0 saturated heterocycles. The molecule has 0 aliphatic rings. The number of unbranched alkanes of at least 4 members (excludes halogenated alkanes) is 25. The Morgan fingerprint density at radius 2 is 0.526 bits per heavy atom. The van der Waals surface area contributed by atoms with Gasteiger partial charge in [0, 0.05) is 19.3 Å². The predicted octanol–water partition coefficient (Wildman–Crippen LogP) is 21.6. The molecule has 1 atom stereocenters. The zero-order chi connectivity index (χ0) is 55.0. The zero-order valence-corrected chi connectivity index (χ0v) is 49.5. The van der Waals surface area contributed by atoms with Crippen LogP contribution in [0, 0.1) is 0 Å². The van der Waals surface area contributed by atoms with Gasteiger partial charge in [0.2, 0.25) is 0 Å². The molecular formula is C70H116O6. The van der Waals surface area contributed by atoms with E-state index in [1.165, 1.54) is 128 Å². The van der Waals surface area contributed by atoms with Gasteiger partial charge in [-0.1, -0.05) is 284 Å². The SMILES string of the molecule is CC/C=C\C/C=C\C/C=C\C/C=C\C/C=C\CCCCCCCCCCCCCCCCCCCC(=O)OCC(COC(=O)CCCCCCCCCC)OC(=O)CCC/C=C\C/C=C\C/C=C\C/C=C\C/C=C\CC. The van der Waals surface area contributed by atoms with Crippen molar-refractivity contribution in [3.05, 3.63) is 122 Å². The molecule has 0 saturated carbocycles. The average Bonchev–Trinajstić information content (AvgIpc) is 3.42. The number of esters is 3. The third kappa shape index (κ3) is 60.7. The molecule has 6 heteroatoms. The van der Waals surface area contributed by atoms with Gasteiger partial charge < -0.3 is 14.2 Å². The lowest BCUT2D eigenvalue weighted by Crippen LogP contribution is -2.30. The third-order valence-electron chi connectivity index (χ3n) is 13.2. The Bertz CT molecular complexity index is 1590. The highest BCUT2D eigenvalue weighted by molar-refractivity contribution is 5.71. The molecule has 432 valence electrons. The van der Waals surface area contributed by atoms with E-state index in [1.807, 2.05) is 0 Å². The molecule has 0 aromatic rings. The average molecular weight is 1050 g/mol. The van der Waals surface area contributed by atoms with Crippen molar-refractivity contribution in [2.24, 2.45) is 0 Å². The van der Waals surface area contributed by atoms with Crippen LogP contribution in [-0.2, 0) is 28.6 Å². The Morgan fingerprint density at radius 1 is 0.276 bits per heavy atom. The molecule has 0 aliphatic carbocycles. The minimum absolute atomic E-state index is 0.0993. The normalized spacial score (nSPS) is 12.9. The summed E-state index contributed by atoms with van der Waals surface area (Å²) >= 11 is 0. The van der Waals surface area contributed by atoms with Gasteiger partial charge in [0.1, 0.15) is 13.2 Å². The van der Waals surface area contributed by atoms with Gasteiger partial charge in [0.05, 0.1) is 0 Å². The first kappa shape index (κ1) is 71.8. The van der Waals surface area contributed by atoms with Crippen LogP contribution in [-0.4, -0.2) is 37.2 Å². The molecule has 1 unspecified atom stereocenters. The number of rotatable bonds is 56. The predicted molar refractivity (Wildman–Crippen MR) is 330 cm³/mol. The van der Waals surface area contributed by atoms with E-state index in [0.717, 1.165) is 109 Å². The van der Waals surface area contributed by atoms with Crippen LogP contribution in [0.15, 0.2) is 122 Å². The van der Waals surface area contributed by atoms with Gasteiger partial charge in [-0.15, -0.1) is 0 Å². The molecule has 76 heavy (non-hydrogen) atoms. The molecule has 0 aliphatic heterocycles.